The van der Waals surface area contributed by atoms with Crippen molar-refractivity contribution in [2.45, 2.75) is 51.5 Å². The summed E-state index contributed by atoms with van der Waals surface area (Å²) in [6, 6.07) is 0. The van der Waals surface area contributed by atoms with Crippen LogP contribution in [0.3, 0.4) is 0 Å². The first-order chi connectivity index (χ1) is 8.53. The summed E-state index contributed by atoms with van der Waals surface area (Å²) < 4.78 is 0. The Kier molecular flexibility index (Phi) is 5.14. The van der Waals surface area contributed by atoms with Gasteiger partial charge in [0.2, 0.25) is 5.91 Å². The quantitative estimate of drug-likeness (QED) is 0.748. The lowest BCUT2D eigenvalue weighted by Gasteiger charge is -2.36. The van der Waals surface area contributed by atoms with E-state index in [0.717, 1.165) is 19.3 Å². The summed E-state index contributed by atoms with van der Waals surface area (Å²) >= 11 is 0. The standard InChI is InChI=1S/C13H24N2O3/c1-3-6-10(9-14)11(16)15-8-5-7-13(15,4-2)12(17)18/h10H,3-9,14H2,1-2H3,(H,17,18). The molecule has 2 unspecified atom stereocenters. The highest BCUT2D eigenvalue weighted by atomic mass is 16.4. The maximum Gasteiger partial charge on any atom is 0.329 e. The van der Waals surface area contributed by atoms with Gasteiger partial charge in [-0.3, -0.25) is 4.79 Å². The van der Waals surface area contributed by atoms with E-state index in [2.05, 4.69) is 0 Å². The molecule has 0 saturated carbocycles. The number of nitrogens with two attached hydrogens (primary N) is 1. The maximum atomic E-state index is 12.4. The van der Waals surface area contributed by atoms with Gasteiger partial charge < -0.3 is 15.7 Å². The van der Waals surface area contributed by atoms with Crippen molar-refractivity contribution in [2.24, 2.45) is 11.7 Å². The lowest BCUT2D eigenvalue weighted by Crippen LogP contribution is -2.55. The Balaban J connectivity index is 2.92. The minimum atomic E-state index is -1.00. The fourth-order valence-electron chi connectivity index (χ4n) is 2.85. The van der Waals surface area contributed by atoms with Gasteiger partial charge in [0, 0.05) is 13.1 Å². The predicted octanol–water partition coefficient (Wildman–Crippen LogP) is 1.22. The number of carbonyl (C=O) groups is 2. The van der Waals surface area contributed by atoms with Crippen molar-refractivity contribution in [3.63, 3.8) is 0 Å². The first-order valence-electron chi connectivity index (χ1n) is 6.78. The average molecular weight is 256 g/mol. The molecule has 1 aliphatic rings. The molecule has 1 saturated heterocycles. The third kappa shape index (κ3) is 2.51. The second kappa shape index (κ2) is 6.18. The third-order valence-corrected chi connectivity index (χ3v) is 4.01. The second-order valence-corrected chi connectivity index (χ2v) is 5.01. The SMILES string of the molecule is CCCC(CN)C(=O)N1CCCC1(CC)C(=O)O. The fourth-order valence-corrected chi connectivity index (χ4v) is 2.85. The molecule has 1 aliphatic heterocycles. The summed E-state index contributed by atoms with van der Waals surface area (Å²) in [6.45, 7) is 4.67. The van der Waals surface area contributed by atoms with Crippen LogP contribution in [0.5, 0.6) is 0 Å². The molecule has 3 N–H and O–H groups in total. The summed E-state index contributed by atoms with van der Waals surface area (Å²) in [5.74, 6) is -1.21. The minimum absolute atomic E-state index is 0.0823. The lowest BCUT2D eigenvalue weighted by molar-refractivity contribution is -0.158. The number of rotatable bonds is 6. The van der Waals surface area contributed by atoms with Crippen LogP contribution in [-0.4, -0.2) is 40.5 Å². The molecule has 0 bridgehead atoms. The molecular weight excluding hydrogens is 232 g/mol. The van der Waals surface area contributed by atoms with Crippen LogP contribution in [0, 0.1) is 5.92 Å². The van der Waals surface area contributed by atoms with Crippen LogP contribution < -0.4 is 5.73 Å². The van der Waals surface area contributed by atoms with E-state index in [1.165, 1.54) is 0 Å². The van der Waals surface area contributed by atoms with Crippen LogP contribution >= 0.6 is 0 Å². The number of aliphatic carboxylic acids is 1. The lowest BCUT2D eigenvalue weighted by atomic mass is 9.91. The van der Waals surface area contributed by atoms with Gasteiger partial charge >= 0.3 is 5.97 Å². The van der Waals surface area contributed by atoms with Crippen LogP contribution in [-0.2, 0) is 9.59 Å². The van der Waals surface area contributed by atoms with Crippen molar-refractivity contribution in [3.8, 4) is 0 Å². The van der Waals surface area contributed by atoms with Gasteiger partial charge in [-0.25, -0.2) is 4.79 Å². The minimum Gasteiger partial charge on any atom is -0.479 e. The van der Waals surface area contributed by atoms with Crippen molar-refractivity contribution in [3.05, 3.63) is 0 Å². The first-order valence-corrected chi connectivity index (χ1v) is 6.78. The number of nitrogens with zero attached hydrogens (tertiary/aromatic N) is 1. The summed E-state index contributed by atoms with van der Waals surface area (Å²) in [5, 5.41) is 9.44. The van der Waals surface area contributed by atoms with E-state index in [4.69, 9.17) is 5.73 Å². The normalized spacial score (nSPS) is 25.2. The van der Waals surface area contributed by atoms with Gasteiger partial charge in [0.15, 0.2) is 0 Å². The van der Waals surface area contributed by atoms with Gasteiger partial charge in [0.05, 0.1) is 5.92 Å². The van der Waals surface area contributed by atoms with Crippen molar-refractivity contribution in [1.82, 2.24) is 4.90 Å². The summed E-state index contributed by atoms with van der Waals surface area (Å²) in [7, 11) is 0. The topological polar surface area (TPSA) is 83.6 Å². The van der Waals surface area contributed by atoms with Crippen LogP contribution in [0.2, 0.25) is 0 Å². The second-order valence-electron chi connectivity index (χ2n) is 5.01. The van der Waals surface area contributed by atoms with Crippen molar-refractivity contribution < 1.29 is 14.7 Å². The highest BCUT2D eigenvalue weighted by molar-refractivity contribution is 5.89. The van der Waals surface area contributed by atoms with Crippen molar-refractivity contribution >= 4 is 11.9 Å². The molecule has 0 spiro atoms. The highest BCUT2D eigenvalue weighted by Crippen LogP contribution is 2.34. The van der Waals surface area contributed by atoms with E-state index < -0.39 is 11.5 Å². The molecule has 0 aromatic heterocycles. The predicted molar refractivity (Wildman–Crippen MR) is 69.1 cm³/mol. The van der Waals surface area contributed by atoms with Crippen molar-refractivity contribution in [1.29, 1.82) is 0 Å². The molecule has 2 atom stereocenters. The van der Waals surface area contributed by atoms with Crippen LogP contribution in [0.25, 0.3) is 0 Å². The molecule has 18 heavy (non-hydrogen) atoms. The molecule has 5 nitrogen and oxygen atoms in total. The molecule has 0 aromatic carbocycles. The number of hydrogen-bond acceptors (Lipinski definition) is 3. The zero-order valence-electron chi connectivity index (χ0n) is 11.3. The van der Waals surface area contributed by atoms with Gasteiger partial charge in [-0.1, -0.05) is 20.3 Å². The zero-order valence-corrected chi connectivity index (χ0v) is 11.3. The van der Waals surface area contributed by atoms with E-state index in [-0.39, 0.29) is 11.8 Å². The van der Waals surface area contributed by atoms with E-state index in [9.17, 15) is 14.7 Å². The van der Waals surface area contributed by atoms with Gasteiger partial charge in [-0.15, -0.1) is 0 Å². The van der Waals surface area contributed by atoms with Crippen molar-refractivity contribution in [2.75, 3.05) is 13.1 Å². The Hall–Kier alpha value is -1.10. The Morgan fingerprint density at radius 2 is 2.11 bits per heavy atom. The molecule has 5 heteroatoms. The molecule has 1 heterocycles. The molecular formula is C13H24N2O3. The van der Waals surface area contributed by atoms with Gasteiger partial charge in [-0.2, -0.15) is 0 Å². The Morgan fingerprint density at radius 1 is 1.44 bits per heavy atom. The Bertz CT molecular complexity index is 319. The molecule has 1 amide bonds. The van der Waals surface area contributed by atoms with E-state index >= 15 is 0 Å². The number of carboxylic acid groups (broad SMARTS) is 1. The summed E-state index contributed by atoms with van der Waals surface area (Å²) in [4.78, 5) is 25.5. The van der Waals surface area contributed by atoms with Crippen LogP contribution in [0.1, 0.15) is 46.0 Å². The number of likely N-dealkylation sites (tertiary alicyclic amines) is 1. The Morgan fingerprint density at radius 3 is 2.56 bits per heavy atom. The maximum absolute atomic E-state index is 12.4. The average Bonchev–Trinajstić information content (AvgIpc) is 2.80. The third-order valence-electron chi connectivity index (χ3n) is 4.01. The number of carboxylic acids is 1. The largest absolute Gasteiger partial charge is 0.479 e. The summed E-state index contributed by atoms with van der Waals surface area (Å²) in [5.41, 5.74) is 4.64. The van der Waals surface area contributed by atoms with E-state index in [0.29, 0.717) is 25.9 Å². The first kappa shape index (κ1) is 15.0. The number of amides is 1. The Labute approximate surface area is 108 Å². The van der Waals surface area contributed by atoms with Gasteiger partial charge in [0.25, 0.3) is 0 Å². The number of hydrogen-bond donors (Lipinski definition) is 2. The highest BCUT2D eigenvalue weighted by Gasteiger charge is 2.49. The van der Waals surface area contributed by atoms with Gasteiger partial charge in [-0.05, 0) is 25.7 Å². The van der Waals surface area contributed by atoms with E-state index in [1.807, 2.05) is 13.8 Å². The van der Waals surface area contributed by atoms with Crippen LogP contribution in [0.4, 0.5) is 0 Å². The summed E-state index contributed by atoms with van der Waals surface area (Å²) in [6.07, 6.45) is 3.37. The van der Waals surface area contributed by atoms with Crippen LogP contribution in [0.15, 0.2) is 0 Å². The van der Waals surface area contributed by atoms with E-state index in [1.54, 1.807) is 4.90 Å². The molecule has 0 aromatic rings. The fraction of sp³-hybridized carbons (Fsp3) is 0.846. The molecule has 0 aliphatic carbocycles. The molecule has 0 radical (unpaired) electrons. The molecule has 1 rings (SSSR count). The molecule has 1 fully saturated rings. The zero-order chi connectivity index (χ0) is 13.8. The smallest absolute Gasteiger partial charge is 0.329 e. The number of carbonyl (C=O) groups excluding carboxylic acids is 1. The monoisotopic (exact) mass is 256 g/mol. The molecule has 104 valence electrons. The van der Waals surface area contributed by atoms with Gasteiger partial charge in [0.1, 0.15) is 5.54 Å².